The number of aliphatic hydroxyl groups excluding tert-OH is 1. The first-order chi connectivity index (χ1) is 24.8. The number of nitrogens with one attached hydrogen (secondary N) is 3. The van der Waals surface area contributed by atoms with Gasteiger partial charge in [0.05, 0.1) is 35.6 Å². The van der Waals surface area contributed by atoms with E-state index >= 15 is 0 Å². The minimum absolute atomic E-state index is 0.0604. The molecule has 1 amide bonds. The summed E-state index contributed by atoms with van der Waals surface area (Å²) < 4.78 is 12.5. The highest BCUT2D eigenvalue weighted by atomic mass is 35.5. The number of fused-ring (bicyclic) bond motifs is 1. The van der Waals surface area contributed by atoms with Gasteiger partial charge in [0, 0.05) is 90.5 Å². The van der Waals surface area contributed by atoms with Gasteiger partial charge in [-0.2, -0.15) is 0 Å². The summed E-state index contributed by atoms with van der Waals surface area (Å²) in [6, 6.07) is 19.1. The fourth-order valence-corrected chi connectivity index (χ4v) is 7.31. The van der Waals surface area contributed by atoms with Crippen LogP contribution in [0.1, 0.15) is 30.4 Å². The van der Waals surface area contributed by atoms with Crippen LogP contribution < -0.4 is 26.2 Å². The summed E-state index contributed by atoms with van der Waals surface area (Å²) in [5.41, 5.74) is 6.15. The number of aromatic nitrogens is 3. The van der Waals surface area contributed by atoms with Crippen LogP contribution >= 0.6 is 23.2 Å². The van der Waals surface area contributed by atoms with Crippen molar-refractivity contribution in [2.75, 3.05) is 26.9 Å². The SMILES string of the molecule is COc1nc(-c2cccc(-c3cccc(-c4ccn5c(=O)c(CNC[C@@H]6CCC(=O)N6)cnc5c4)c3Cl)c2Cl)ccc1CN[C@@H]1CCOC[C@@H]1O. The number of methoxy groups -OCH3 is 1. The van der Waals surface area contributed by atoms with Crippen LogP contribution in [0.5, 0.6) is 5.88 Å². The number of nitrogens with zero attached hydrogens (tertiary/aromatic N) is 3. The van der Waals surface area contributed by atoms with Crippen molar-refractivity contribution in [2.45, 2.75) is 50.5 Å². The van der Waals surface area contributed by atoms with E-state index in [9.17, 15) is 14.7 Å². The molecule has 51 heavy (non-hydrogen) atoms. The molecule has 2 saturated heterocycles. The van der Waals surface area contributed by atoms with Gasteiger partial charge in [-0.1, -0.05) is 65.7 Å². The van der Waals surface area contributed by atoms with Crippen molar-refractivity contribution < 1.29 is 19.4 Å². The van der Waals surface area contributed by atoms with Crippen molar-refractivity contribution in [3.05, 3.63) is 105 Å². The Morgan fingerprint density at radius 1 is 0.980 bits per heavy atom. The highest BCUT2D eigenvalue weighted by Gasteiger charge is 2.24. The molecule has 0 spiro atoms. The summed E-state index contributed by atoms with van der Waals surface area (Å²) in [6.07, 6.45) is 4.78. The Bertz CT molecular complexity index is 2140. The van der Waals surface area contributed by atoms with Crippen molar-refractivity contribution in [3.63, 3.8) is 0 Å². The normalized spacial score (nSPS) is 19.0. The molecule has 2 fully saturated rings. The van der Waals surface area contributed by atoms with Gasteiger partial charge in [0.1, 0.15) is 5.65 Å². The van der Waals surface area contributed by atoms with Crippen LogP contribution in [0.15, 0.2) is 77.9 Å². The van der Waals surface area contributed by atoms with Gasteiger partial charge in [-0.15, -0.1) is 0 Å². The number of carbonyl (C=O) groups excluding carboxylic acids is 1. The number of aliphatic hydroxyl groups is 1. The highest BCUT2D eigenvalue weighted by molar-refractivity contribution is 6.39. The maximum Gasteiger partial charge on any atom is 0.262 e. The summed E-state index contributed by atoms with van der Waals surface area (Å²) in [4.78, 5) is 34.1. The zero-order valence-corrected chi connectivity index (χ0v) is 29.5. The van der Waals surface area contributed by atoms with Gasteiger partial charge in [-0.3, -0.25) is 14.0 Å². The monoisotopic (exact) mass is 728 g/mol. The average molecular weight is 730 g/mol. The minimum Gasteiger partial charge on any atom is -0.481 e. The second-order valence-electron chi connectivity index (χ2n) is 12.8. The first kappa shape index (κ1) is 35.1. The highest BCUT2D eigenvalue weighted by Crippen LogP contribution is 2.42. The summed E-state index contributed by atoms with van der Waals surface area (Å²) >= 11 is 14.2. The Labute approximate surface area is 305 Å². The molecule has 11 nitrogen and oxygen atoms in total. The predicted molar refractivity (Wildman–Crippen MR) is 197 cm³/mol. The molecule has 264 valence electrons. The maximum absolute atomic E-state index is 13.3. The number of ether oxygens (including phenoxy) is 2. The lowest BCUT2D eigenvalue weighted by Crippen LogP contribution is -2.46. The molecule has 0 unspecified atom stereocenters. The molecule has 13 heteroatoms. The molecule has 5 heterocycles. The lowest BCUT2D eigenvalue weighted by atomic mass is 9.97. The van der Waals surface area contributed by atoms with Gasteiger partial charge in [0.25, 0.3) is 5.56 Å². The van der Waals surface area contributed by atoms with Gasteiger partial charge in [-0.05, 0) is 36.6 Å². The van der Waals surface area contributed by atoms with E-state index in [0.717, 1.165) is 46.2 Å². The number of carbonyl (C=O) groups is 1. The van der Waals surface area contributed by atoms with E-state index in [4.69, 9.17) is 37.7 Å². The molecule has 2 aromatic carbocycles. The van der Waals surface area contributed by atoms with Crippen molar-refractivity contribution in [1.29, 1.82) is 0 Å². The van der Waals surface area contributed by atoms with E-state index in [0.29, 0.717) is 72.1 Å². The Balaban J connectivity index is 1.12. The molecule has 7 rings (SSSR count). The van der Waals surface area contributed by atoms with Gasteiger partial charge >= 0.3 is 0 Å². The molecule has 0 saturated carbocycles. The van der Waals surface area contributed by atoms with E-state index in [2.05, 4.69) is 20.9 Å². The lowest BCUT2D eigenvalue weighted by molar-refractivity contribution is -0.119. The molecular weight excluding hydrogens is 691 g/mol. The topological polar surface area (TPSA) is 139 Å². The fraction of sp³-hybridized carbons (Fsp3) is 0.316. The molecule has 0 bridgehead atoms. The quantitative estimate of drug-likeness (QED) is 0.148. The lowest BCUT2D eigenvalue weighted by Gasteiger charge is -2.28. The third-order valence-electron chi connectivity index (χ3n) is 9.46. The largest absolute Gasteiger partial charge is 0.481 e. The maximum atomic E-state index is 13.3. The Kier molecular flexibility index (Phi) is 10.6. The smallest absolute Gasteiger partial charge is 0.262 e. The van der Waals surface area contributed by atoms with Crippen molar-refractivity contribution >= 4 is 34.8 Å². The number of pyridine rings is 2. The molecule has 0 radical (unpaired) electrons. The van der Waals surface area contributed by atoms with Crippen LogP contribution in [0.25, 0.3) is 39.2 Å². The van der Waals surface area contributed by atoms with Crippen LogP contribution in [0.4, 0.5) is 0 Å². The average Bonchev–Trinajstić information content (AvgIpc) is 3.57. The number of halogens is 2. The van der Waals surface area contributed by atoms with Crippen molar-refractivity contribution in [1.82, 2.24) is 30.3 Å². The van der Waals surface area contributed by atoms with E-state index in [1.807, 2.05) is 60.7 Å². The second-order valence-corrected chi connectivity index (χ2v) is 13.5. The second kappa shape index (κ2) is 15.5. The molecule has 5 aromatic rings. The molecule has 3 atom stereocenters. The van der Waals surface area contributed by atoms with Gasteiger partial charge in [0.15, 0.2) is 0 Å². The van der Waals surface area contributed by atoms with Crippen LogP contribution in [-0.4, -0.2) is 70.4 Å². The molecule has 2 aliphatic rings. The van der Waals surface area contributed by atoms with Gasteiger partial charge < -0.3 is 30.5 Å². The van der Waals surface area contributed by atoms with E-state index < -0.39 is 6.10 Å². The number of rotatable bonds is 11. The van der Waals surface area contributed by atoms with Crippen molar-refractivity contribution in [2.24, 2.45) is 0 Å². The van der Waals surface area contributed by atoms with Crippen LogP contribution in [0.3, 0.4) is 0 Å². The first-order valence-corrected chi connectivity index (χ1v) is 17.7. The summed E-state index contributed by atoms with van der Waals surface area (Å²) in [5.74, 6) is 0.528. The Morgan fingerprint density at radius 3 is 2.49 bits per heavy atom. The summed E-state index contributed by atoms with van der Waals surface area (Å²) in [7, 11) is 1.58. The zero-order chi connectivity index (χ0) is 35.5. The predicted octanol–water partition coefficient (Wildman–Crippen LogP) is 5.01. The summed E-state index contributed by atoms with van der Waals surface area (Å²) in [6.45, 7) is 2.34. The van der Waals surface area contributed by atoms with E-state index in [1.165, 1.54) is 4.40 Å². The first-order valence-electron chi connectivity index (χ1n) is 16.9. The number of hydrogen-bond acceptors (Lipinski definition) is 9. The number of benzene rings is 2. The van der Waals surface area contributed by atoms with Gasteiger partial charge in [0.2, 0.25) is 11.8 Å². The van der Waals surface area contributed by atoms with Crippen LogP contribution in [0.2, 0.25) is 10.0 Å². The molecule has 0 aliphatic carbocycles. The number of hydrogen-bond donors (Lipinski definition) is 4. The third kappa shape index (κ3) is 7.50. The molecule has 3 aromatic heterocycles. The van der Waals surface area contributed by atoms with Crippen molar-refractivity contribution in [3.8, 4) is 39.4 Å². The number of amides is 1. The molecule has 4 N–H and O–H groups in total. The van der Waals surface area contributed by atoms with Gasteiger partial charge in [-0.25, -0.2) is 9.97 Å². The zero-order valence-electron chi connectivity index (χ0n) is 28.0. The Morgan fingerprint density at radius 2 is 1.75 bits per heavy atom. The van der Waals surface area contributed by atoms with E-state index in [-0.39, 0.29) is 23.6 Å². The van der Waals surface area contributed by atoms with Crippen LogP contribution in [0, 0.1) is 0 Å². The van der Waals surface area contributed by atoms with E-state index in [1.54, 1.807) is 19.5 Å². The Hall–Kier alpha value is -4.36. The molecule has 2 aliphatic heterocycles. The summed E-state index contributed by atoms with van der Waals surface area (Å²) in [5, 5.41) is 20.8. The molecular formula is C38H38Cl2N6O5. The minimum atomic E-state index is -0.563. The van der Waals surface area contributed by atoms with Crippen LogP contribution in [-0.2, 0) is 22.6 Å². The fourth-order valence-electron chi connectivity index (χ4n) is 6.65. The standard InChI is InChI=1S/C38H38Cl2N6O5/c1-50-37-23(18-42-31-13-15-51-21-32(31)47)8-10-30(45-37)29-7-3-6-28(36(29)40)27-5-2-4-26(35(27)39)22-12-14-46-33(16-22)43-19-24(38(46)49)17-41-20-25-9-11-34(48)44-25/h2-8,10,12,14,16,19,25,31-32,41-42,47H,9,11,13,15,17-18,20-21H2,1H3,(H,44,48)/t25-,31+,32-/m0/s1. The third-order valence-corrected chi connectivity index (χ3v) is 10.3.